The van der Waals surface area contributed by atoms with Gasteiger partial charge in [0.15, 0.2) is 5.78 Å². The van der Waals surface area contributed by atoms with Gasteiger partial charge >= 0.3 is 0 Å². The highest BCUT2D eigenvalue weighted by atomic mass is 79.9. The summed E-state index contributed by atoms with van der Waals surface area (Å²) in [6.45, 7) is 0. The van der Waals surface area contributed by atoms with Crippen LogP contribution in [0, 0.1) is 5.82 Å². The van der Waals surface area contributed by atoms with E-state index in [1.807, 2.05) is 0 Å². The van der Waals surface area contributed by atoms with E-state index in [0.717, 1.165) is 4.47 Å². The highest BCUT2D eigenvalue weighted by molar-refractivity contribution is 9.10. The Bertz CT molecular complexity index is 520. The molecule has 0 bridgehead atoms. The molecule has 0 aliphatic heterocycles. The second-order valence-electron chi connectivity index (χ2n) is 3.35. The Labute approximate surface area is 101 Å². The van der Waals surface area contributed by atoms with Gasteiger partial charge in [-0.2, -0.15) is 0 Å². The van der Waals surface area contributed by atoms with Gasteiger partial charge in [0.05, 0.1) is 0 Å². The molecule has 0 aromatic heterocycles. The van der Waals surface area contributed by atoms with Crippen LogP contribution >= 0.6 is 15.9 Å². The minimum absolute atomic E-state index is 0.174. The molecule has 1 nitrogen and oxygen atoms in total. The van der Waals surface area contributed by atoms with Gasteiger partial charge in [0, 0.05) is 15.6 Å². The van der Waals surface area contributed by atoms with Gasteiger partial charge in [-0.05, 0) is 36.4 Å². The summed E-state index contributed by atoms with van der Waals surface area (Å²) in [6.07, 6.45) is 0. The third-order valence-corrected chi connectivity index (χ3v) is 2.72. The lowest BCUT2D eigenvalue weighted by molar-refractivity contribution is 0.103. The van der Waals surface area contributed by atoms with Gasteiger partial charge in [-0.25, -0.2) is 4.39 Å². The van der Waals surface area contributed by atoms with Crippen LogP contribution < -0.4 is 0 Å². The molecule has 0 heterocycles. The monoisotopic (exact) mass is 278 g/mol. The summed E-state index contributed by atoms with van der Waals surface area (Å²) in [5.41, 5.74) is 0.913. The molecule has 0 unspecified atom stereocenters. The minimum Gasteiger partial charge on any atom is -0.289 e. The van der Waals surface area contributed by atoms with E-state index < -0.39 is 5.82 Å². The van der Waals surface area contributed by atoms with E-state index in [0.29, 0.717) is 11.1 Å². The fourth-order valence-corrected chi connectivity index (χ4v) is 1.66. The van der Waals surface area contributed by atoms with E-state index in [4.69, 9.17) is 0 Å². The lowest BCUT2D eigenvalue weighted by Crippen LogP contribution is -2.01. The first-order chi connectivity index (χ1) is 7.66. The Balaban J connectivity index is 2.35. The molecular formula is C13H8BrFO. The molecular weight excluding hydrogens is 271 g/mol. The van der Waals surface area contributed by atoms with Crippen LogP contribution in [0.5, 0.6) is 0 Å². The Morgan fingerprint density at radius 1 is 1.00 bits per heavy atom. The molecule has 2 rings (SSSR count). The average molecular weight is 279 g/mol. The molecule has 2 aromatic rings. The number of ketones is 1. The largest absolute Gasteiger partial charge is 0.289 e. The van der Waals surface area contributed by atoms with Crippen LogP contribution in [0.1, 0.15) is 15.9 Å². The predicted octanol–water partition coefficient (Wildman–Crippen LogP) is 3.82. The van der Waals surface area contributed by atoms with E-state index in [-0.39, 0.29) is 5.78 Å². The van der Waals surface area contributed by atoms with Crippen LogP contribution in [0.2, 0.25) is 0 Å². The third kappa shape index (κ3) is 2.36. The Morgan fingerprint density at radius 2 is 1.69 bits per heavy atom. The minimum atomic E-state index is -0.400. The van der Waals surface area contributed by atoms with Gasteiger partial charge in [0.1, 0.15) is 5.82 Å². The van der Waals surface area contributed by atoms with Crippen molar-refractivity contribution in [1.82, 2.24) is 0 Å². The lowest BCUT2D eigenvalue weighted by Gasteiger charge is -2.01. The number of carbonyl (C=O) groups excluding carboxylic acids is 1. The zero-order chi connectivity index (χ0) is 11.5. The van der Waals surface area contributed by atoms with Crippen molar-refractivity contribution in [2.24, 2.45) is 0 Å². The number of benzene rings is 2. The van der Waals surface area contributed by atoms with E-state index in [1.165, 1.54) is 18.2 Å². The molecule has 3 heteroatoms. The number of hydrogen-bond donors (Lipinski definition) is 0. The quantitative estimate of drug-likeness (QED) is 0.764. The standard InChI is InChI=1S/C13H8BrFO/c14-11-6-4-9(5-7-11)13(16)10-2-1-3-12(15)8-10/h1-8H. The van der Waals surface area contributed by atoms with Crippen LogP contribution in [0.25, 0.3) is 0 Å². The SMILES string of the molecule is O=C(c1ccc(Br)cc1)c1cccc(F)c1. The molecule has 0 saturated carbocycles. The average Bonchev–Trinajstić information content (AvgIpc) is 2.29. The van der Waals surface area contributed by atoms with Crippen LogP contribution in [0.15, 0.2) is 53.0 Å². The second-order valence-corrected chi connectivity index (χ2v) is 4.26. The summed E-state index contributed by atoms with van der Waals surface area (Å²) in [7, 11) is 0. The normalized spacial score (nSPS) is 10.1. The van der Waals surface area contributed by atoms with Crippen molar-refractivity contribution in [1.29, 1.82) is 0 Å². The first kappa shape index (κ1) is 11.0. The predicted molar refractivity (Wildman–Crippen MR) is 64.0 cm³/mol. The topological polar surface area (TPSA) is 17.1 Å². The Kier molecular flexibility index (Phi) is 3.15. The zero-order valence-electron chi connectivity index (χ0n) is 8.28. The maximum atomic E-state index is 12.9. The second kappa shape index (κ2) is 4.58. The molecule has 0 aliphatic carbocycles. The van der Waals surface area contributed by atoms with Crippen LogP contribution in [0.4, 0.5) is 4.39 Å². The van der Waals surface area contributed by atoms with Crippen LogP contribution in [-0.4, -0.2) is 5.78 Å². The van der Waals surface area contributed by atoms with Gasteiger partial charge < -0.3 is 0 Å². The summed E-state index contributed by atoms with van der Waals surface area (Å²) >= 11 is 3.29. The summed E-state index contributed by atoms with van der Waals surface area (Å²) < 4.78 is 13.9. The van der Waals surface area contributed by atoms with Gasteiger partial charge in [0.25, 0.3) is 0 Å². The molecule has 0 spiro atoms. The van der Waals surface area contributed by atoms with Crippen molar-refractivity contribution in [3.8, 4) is 0 Å². The molecule has 0 amide bonds. The summed E-state index contributed by atoms with van der Waals surface area (Å²) in [5, 5.41) is 0. The molecule has 0 radical (unpaired) electrons. The smallest absolute Gasteiger partial charge is 0.193 e. The number of rotatable bonds is 2. The third-order valence-electron chi connectivity index (χ3n) is 2.19. The fourth-order valence-electron chi connectivity index (χ4n) is 1.40. The van der Waals surface area contributed by atoms with Gasteiger partial charge in [-0.1, -0.05) is 28.1 Å². The molecule has 0 aliphatic rings. The molecule has 0 saturated heterocycles. The first-order valence-electron chi connectivity index (χ1n) is 4.72. The summed E-state index contributed by atoms with van der Waals surface area (Å²) in [4.78, 5) is 11.9. The molecule has 0 fully saturated rings. The van der Waals surface area contributed by atoms with Gasteiger partial charge in [-0.3, -0.25) is 4.79 Å². The molecule has 2 aromatic carbocycles. The Hall–Kier alpha value is -1.48. The Morgan fingerprint density at radius 3 is 2.31 bits per heavy atom. The van der Waals surface area contributed by atoms with Crippen molar-refractivity contribution >= 4 is 21.7 Å². The van der Waals surface area contributed by atoms with Gasteiger partial charge in [-0.15, -0.1) is 0 Å². The van der Waals surface area contributed by atoms with Crippen LogP contribution in [0.3, 0.4) is 0 Å². The van der Waals surface area contributed by atoms with E-state index in [9.17, 15) is 9.18 Å². The first-order valence-corrected chi connectivity index (χ1v) is 5.52. The maximum absolute atomic E-state index is 12.9. The molecule has 16 heavy (non-hydrogen) atoms. The fraction of sp³-hybridized carbons (Fsp3) is 0. The molecule has 0 atom stereocenters. The lowest BCUT2D eigenvalue weighted by atomic mass is 10.0. The number of hydrogen-bond acceptors (Lipinski definition) is 1. The molecule has 80 valence electrons. The van der Waals surface area contributed by atoms with Crippen molar-refractivity contribution in [2.75, 3.05) is 0 Å². The highest BCUT2D eigenvalue weighted by Gasteiger charge is 2.08. The van der Waals surface area contributed by atoms with E-state index >= 15 is 0 Å². The van der Waals surface area contributed by atoms with Gasteiger partial charge in [0.2, 0.25) is 0 Å². The maximum Gasteiger partial charge on any atom is 0.193 e. The van der Waals surface area contributed by atoms with Crippen molar-refractivity contribution < 1.29 is 9.18 Å². The summed E-state index contributed by atoms with van der Waals surface area (Å²) in [5.74, 6) is -0.574. The number of carbonyl (C=O) groups is 1. The van der Waals surface area contributed by atoms with Crippen molar-refractivity contribution in [2.45, 2.75) is 0 Å². The van der Waals surface area contributed by atoms with Crippen molar-refractivity contribution in [3.05, 3.63) is 69.9 Å². The number of halogens is 2. The van der Waals surface area contributed by atoms with Crippen LogP contribution in [-0.2, 0) is 0 Å². The van der Waals surface area contributed by atoms with E-state index in [2.05, 4.69) is 15.9 Å². The summed E-state index contributed by atoms with van der Waals surface area (Å²) in [6, 6.07) is 12.7. The highest BCUT2D eigenvalue weighted by Crippen LogP contribution is 2.14. The zero-order valence-corrected chi connectivity index (χ0v) is 9.87. The van der Waals surface area contributed by atoms with E-state index in [1.54, 1.807) is 30.3 Å². The van der Waals surface area contributed by atoms with Crippen molar-refractivity contribution in [3.63, 3.8) is 0 Å². The molecule has 0 N–H and O–H groups in total.